The molecule has 0 radical (unpaired) electrons. The van der Waals surface area contributed by atoms with E-state index in [0.29, 0.717) is 5.95 Å². The van der Waals surface area contributed by atoms with E-state index < -0.39 is 0 Å². The van der Waals surface area contributed by atoms with Gasteiger partial charge in [-0.1, -0.05) is 58.0 Å². The summed E-state index contributed by atoms with van der Waals surface area (Å²) < 4.78 is 0. The van der Waals surface area contributed by atoms with E-state index in [0.717, 1.165) is 6.54 Å². The molecule has 7 nitrogen and oxygen atoms in total. The second kappa shape index (κ2) is 8.65. The molecule has 0 aliphatic carbocycles. The topological polar surface area (TPSA) is 123 Å². The van der Waals surface area contributed by atoms with Crippen molar-refractivity contribution in [1.82, 2.24) is 15.0 Å². The Hall–Kier alpha value is -1.12. The molecule has 1 aromatic heterocycles. The highest BCUT2D eigenvalue weighted by molar-refractivity contribution is 6.55. The lowest BCUT2D eigenvalue weighted by atomic mass is 10.3. The number of aromatic nitrogens is 3. The molecule has 126 valence electrons. The smallest absolute Gasteiger partial charge is 0.229 e. The Labute approximate surface area is 156 Å². The van der Waals surface area contributed by atoms with Crippen LogP contribution in [0.4, 0.5) is 17.8 Å². The molecule has 6 N–H and O–H groups in total. The lowest BCUT2D eigenvalue weighted by Gasteiger charge is -2.06. The van der Waals surface area contributed by atoms with Crippen LogP contribution >= 0.6 is 58.0 Å². The maximum absolute atomic E-state index is 9.20. The number of nitrogens with two attached hydrogens (primary N) is 2. The third kappa shape index (κ3) is 5.19. The number of nitrogen functional groups attached to an aromatic ring is 2. The molecule has 0 bridgehead atoms. The molecule has 0 aliphatic heterocycles. The van der Waals surface area contributed by atoms with Gasteiger partial charge < -0.3 is 21.9 Å². The maximum atomic E-state index is 9.20. The van der Waals surface area contributed by atoms with Crippen LogP contribution in [0.1, 0.15) is 6.92 Å². The highest BCUT2D eigenvalue weighted by atomic mass is 35.5. The van der Waals surface area contributed by atoms with E-state index in [1.165, 1.54) is 0 Å². The minimum Gasteiger partial charge on any atom is -0.505 e. The summed E-state index contributed by atoms with van der Waals surface area (Å²) >= 11 is 27.9. The first-order chi connectivity index (χ1) is 10.7. The average molecular weight is 421 g/mol. The van der Waals surface area contributed by atoms with Gasteiger partial charge in [0.05, 0.1) is 15.1 Å². The number of phenolic OH excluding ortho intramolecular Hbond substituents is 1. The Morgan fingerprint density at radius 1 is 0.826 bits per heavy atom. The van der Waals surface area contributed by atoms with Crippen molar-refractivity contribution in [3.05, 3.63) is 25.1 Å². The minimum atomic E-state index is -0.363. The van der Waals surface area contributed by atoms with Crippen LogP contribution in [0.3, 0.4) is 0 Å². The van der Waals surface area contributed by atoms with Gasteiger partial charge in [0.1, 0.15) is 10.0 Å². The van der Waals surface area contributed by atoms with Gasteiger partial charge >= 0.3 is 0 Å². The Morgan fingerprint density at radius 2 is 1.22 bits per heavy atom. The maximum Gasteiger partial charge on any atom is 0.229 e. The summed E-state index contributed by atoms with van der Waals surface area (Å²) in [5.41, 5.74) is 10.6. The number of benzene rings is 1. The Balaban J connectivity index is 0.000000231. The second-order valence-electron chi connectivity index (χ2n) is 3.82. The number of rotatable bonds is 2. The molecule has 1 heterocycles. The summed E-state index contributed by atoms with van der Waals surface area (Å²) in [6.07, 6.45) is 0. The summed E-state index contributed by atoms with van der Waals surface area (Å²) in [5, 5.41) is 11.9. The van der Waals surface area contributed by atoms with E-state index in [-0.39, 0.29) is 42.8 Å². The van der Waals surface area contributed by atoms with E-state index in [4.69, 9.17) is 69.5 Å². The molecule has 12 heteroatoms. The number of anilines is 3. The lowest BCUT2D eigenvalue weighted by Crippen LogP contribution is -2.08. The van der Waals surface area contributed by atoms with Crippen molar-refractivity contribution in [3.63, 3.8) is 0 Å². The van der Waals surface area contributed by atoms with Crippen LogP contribution in [-0.2, 0) is 0 Å². The number of nitrogens with one attached hydrogen (secondary N) is 1. The third-order valence-electron chi connectivity index (χ3n) is 2.19. The summed E-state index contributed by atoms with van der Waals surface area (Å²) in [6.45, 7) is 2.65. The van der Waals surface area contributed by atoms with Crippen LogP contribution in [-0.4, -0.2) is 26.6 Å². The monoisotopic (exact) mass is 418 g/mol. The molecule has 2 rings (SSSR count). The Bertz CT molecular complexity index is 589. The molecule has 2 aromatic rings. The zero-order chi connectivity index (χ0) is 17.7. The predicted molar refractivity (Wildman–Crippen MR) is 96.0 cm³/mol. The first kappa shape index (κ1) is 19.9. The summed E-state index contributed by atoms with van der Waals surface area (Å²) in [5.74, 6) is 0.317. The van der Waals surface area contributed by atoms with Crippen molar-refractivity contribution in [2.75, 3.05) is 23.3 Å². The number of nitrogens with zero attached hydrogens (tertiary/aromatic N) is 3. The fraction of sp³-hybridized carbons (Fsp3) is 0.182. The van der Waals surface area contributed by atoms with E-state index >= 15 is 0 Å². The number of hydrogen-bond acceptors (Lipinski definition) is 7. The fourth-order valence-corrected chi connectivity index (χ4v) is 2.37. The highest BCUT2D eigenvalue weighted by Crippen LogP contribution is 2.47. The molecule has 23 heavy (non-hydrogen) atoms. The van der Waals surface area contributed by atoms with Crippen molar-refractivity contribution in [1.29, 1.82) is 0 Å². The fourth-order valence-electron chi connectivity index (χ4n) is 1.24. The van der Waals surface area contributed by atoms with E-state index in [1.54, 1.807) is 0 Å². The standard InChI is InChI=1S/C6HCl5O.C5H10N6/c7-1-2(8)4(10)6(12)5(11)3(1)9;1-2-8-5-10-3(6)9-4(7)11-5/h12H;2H2,1H3,(H5,6,7,8,9,10,11). The molecule has 0 atom stereocenters. The lowest BCUT2D eigenvalue weighted by molar-refractivity contribution is 0.476. The molecule has 0 amide bonds. The van der Waals surface area contributed by atoms with Gasteiger partial charge in [0.2, 0.25) is 17.8 Å². The van der Waals surface area contributed by atoms with Crippen LogP contribution in [0.15, 0.2) is 0 Å². The van der Waals surface area contributed by atoms with E-state index in [1.807, 2.05) is 6.92 Å². The number of hydrogen-bond donors (Lipinski definition) is 4. The van der Waals surface area contributed by atoms with E-state index in [2.05, 4.69) is 20.3 Å². The molecule has 0 unspecified atom stereocenters. The van der Waals surface area contributed by atoms with Crippen molar-refractivity contribution in [2.24, 2.45) is 0 Å². The van der Waals surface area contributed by atoms with Gasteiger partial charge in [-0.25, -0.2) is 0 Å². The zero-order valence-electron chi connectivity index (χ0n) is 11.5. The molecule has 0 saturated carbocycles. The second-order valence-corrected chi connectivity index (χ2v) is 5.71. The van der Waals surface area contributed by atoms with E-state index in [9.17, 15) is 5.11 Å². The predicted octanol–water partition coefficient (Wildman–Crippen LogP) is 4.13. The number of aromatic hydroxyl groups is 1. The molecule has 0 saturated heterocycles. The zero-order valence-corrected chi connectivity index (χ0v) is 15.3. The van der Waals surface area contributed by atoms with Crippen molar-refractivity contribution in [3.8, 4) is 5.75 Å². The summed E-state index contributed by atoms with van der Waals surface area (Å²) in [7, 11) is 0. The first-order valence-corrected chi connectivity index (χ1v) is 7.79. The minimum absolute atomic E-state index is 0.00904. The van der Waals surface area contributed by atoms with Crippen molar-refractivity contribution in [2.45, 2.75) is 6.92 Å². The molecule has 1 aromatic carbocycles. The van der Waals surface area contributed by atoms with Crippen LogP contribution in [0, 0.1) is 0 Å². The van der Waals surface area contributed by atoms with Crippen molar-refractivity contribution >= 4 is 75.8 Å². The van der Waals surface area contributed by atoms with Gasteiger partial charge in [-0.2, -0.15) is 15.0 Å². The summed E-state index contributed by atoms with van der Waals surface area (Å²) in [4.78, 5) is 11.2. The van der Waals surface area contributed by atoms with Gasteiger partial charge in [0, 0.05) is 6.54 Å². The Kier molecular flexibility index (Phi) is 7.50. The van der Waals surface area contributed by atoms with Crippen LogP contribution in [0.25, 0.3) is 0 Å². The SMILES string of the molecule is CCNc1nc(N)nc(N)n1.Oc1c(Cl)c(Cl)c(Cl)c(Cl)c1Cl. The number of halogens is 5. The molecule has 0 spiro atoms. The molecular formula is C11H11Cl5N6O. The van der Waals surface area contributed by atoms with Gasteiger partial charge in [0.25, 0.3) is 0 Å². The highest BCUT2D eigenvalue weighted by Gasteiger charge is 2.18. The molecule has 0 aliphatic rings. The van der Waals surface area contributed by atoms with Gasteiger partial charge in [0.15, 0.2) is 5.75 Å². The van der Waals surface area contributed by atoms with Crippen LogP contribution in [0.5, 0.6) is 5.75 Å². The van der Waals surface area contributed by atoms with Crippen LogP contribution < -0.4 is 16.8 Å². The van der Waals surface area contributed by atoms with Gasteiger partial charge in [-0.3, -0.25) is 0 Å². The normalized spacial score (nSPS) is 10.0. The first-order valence-electron chi connectivity index (χ1n) is 5.90. The quantitative estimate of drug-likeness (QED) is 0.425. The molecule has 0 fully saturated rings. The largest absolute Gasteiger partial charge is 0.505 e. The molecular weight excluding hydrogens is 409 g/mol. The van der Waals surface area contributed by atoms with Gasteiger partial charge in [-0.15, -0.1) is 0 Å². The Morgan fingerprint density at radius 3 is 1.61 bits per heavy atom. The van der Waals surface area contributed by atoms with Crippen molar-refractivity contribution < 1.29 is 5.11 Å². The average Bonchev–Trinajstić information content (AvgIpc) is 2.49. The van der Waals surface area contributed by atoms with Gasteiger partial charge in [-0.05, 0) is 6.92 Å². The summed E-state index contributed by atoms with van der Waals surface area (Å²) in [6, 6.07) is 0. The number of phenols is 1. The van der Waals surface area contributed by atoms with Crippen LogP contribution in [0.2, 0.25) is 25.1 Å². The third-order valence-corrected chi connectivity index (χ3v) is 4.45.